The molecule has 1 heterocycles. The third-order valence-electron chi connectivity index (χ3n) is 1.76. The summed E-state index contributed by atoms with van der Waals surface area (Å²) in [4.78, 5) is 28.2. The first-order valence-corrected chi connectivity index (χ1v) is 5.51. The van der Waals surface area contributed by atoms with Crippen molar-refractivity contribution in [2.24, 2.45) is 0 Å². The van der Waals surface area contributed by atoms with E-state index in [-0.39, 0.29) is 10.6 Å². The van der Waals surface area contributed by atoms with Crippen LogP contribution in [0.2, 0.25) is 0 Å². The van der Waals surface area contributed by atoms with Crippen LogP contribution in [0, 0.1) is 6.92 Å². The normalized spacial score (nSPS) is 10.1. The van der Waals surface area contributed by atoms with Gasteiger partial charge in [0.15, 0.2) is 0 Å². The van der Waals surface area contributed by atoms with Crippen LogP contribution in [0.3, 0.4) is 0 Å². The van der Waals surface area contributed by atoms with Crippen molar-refractivity contribution >= 4 is 17.7 Å². The lowest BCUT2D eigenvalue weighted by atomic mass is 10.2. The Morgan fingerprint density at radius 1 is 1.62 bits per heavy atom. The van der Waals surface area contributed by atoms with Crippen molar-refractivity contribution in [3.8, 4) is 0 Å². The van der Waals surface area contributed by atoms with Gasteiger partial charge in [-0.1, -0.05) is 12.2 Å². The van der Waals surface area contributed by atoms with Crippen LogP contribution < -0.4 is 5.69 Å². The molecule has 0 unspecified atom stereocenters. The number of hydrogen-bond donors (Lipinski definition) is 2. The lowest BCUT2D eigenvalue weighted by Gasteiger charge is -2.06. The van der Waals surface area contributed by atoms with Gasteiger partial charge < -0.3 is 10.1 Å². The Hall–Kier alpha value is -1.56. The summed E-state index contributed by atoms with van der Waals surface area (Å²) < 4.78 is 0. The molecule has 16 heavy (non-hydrogen) atoms. The minimum absolute atomic E-state index is 0.0471. The summed E-state index contributed by atoms with van der Waals surface area (Å²) in [5.74, 6) is -0.554. The third-order valence-corrected chi connectivity index (χ3v) is 2.96. The molecule has 0 aliphatic heterocycles. The van der Waals surface area contributed by atoms with Crippen LogP contribution in [0.5, 0.6) is 0 Å². The molecule has 0 spiro atoms. The van der Waals surface area contributed by atoms with E-state index < -0.39 is 11.7 Å². The number of H-pyrrole nitrogens is 1. The Kier molecular flexibility index (Phi) is 3.89. The second-order valence-corrected chi connectivity index (χ2v) is 4.36. The molecule has 0 saturated heterocycles. The Bertz CT molecular complexity index is 493. The molecule has 0 amide bonds. The molecule has 0 atom stereocenters. The van der Waals surface area contributed by atoms with Crippen LogP contribution in [0.15, 0.2) is 22.0 Å². The SMILES string of the molecule is C=C(C)CSc1nc(=O)[nH]c(C)c1C(=O)O. The summed E-state index contributed by atoms with van der Waals surface area (Å²) in [7, 11) is 0. The Balaban J connectivity index is 3.19. The number of aromatic carboxylic acids is 1. The highest BCUT2D eigenvalue weighted by Crippen LogP contribution is 2.22. The van der Waals surface area contributed by atoms with E-state index >= 15 is 0 Å². The number of carbonyl (C=O) groups is 1. The molecule has 0 saturated carbocycles. The van der Waals surface area contributed by atoms with E-state index in [4.69, 9.17) is 5.11 Å². The maximum Gasteiger partial charge on any atom is 0.346 e. The number of aromatic amines is 1. The van der Waals surface area contributed by atoms with Crippen molar-refractivity contribution in [1.29, 1.82) is 0 Å². The molecule has 0 fully saturated rings. The van der Waals surface area contributed by atoms with Crippen LogP contribution in [0.25, 0.3) is 0 Å². The number of aromatic nitrogens is 2. The van der Waals surface area contributed by atoms with E-state index in [2.05, 4.69) is 16.5 Å². The molecule has 0 aliphatic carbocycles. The highest BCUT2D eigenvalue weighted by atomic mass is 32.2. The molecule has 0 aromatic carbocycles. The fraction of sp³-hybridized carbons (Fsp3) is 0.300. The fourth-order valence-corrected chi connectivity index (χ4v) is 2.02. The van der Waals surface area contributed by atoms with Gasteiger partial charge in [-0.05, 0) is 13.8 Å². The number of thioether (sulfide) groups is 1. The zero-order valence-electron chi connectivity index (χ0n) is 9.03. The van der Waals surface area contributed by atoms with Crippen LogP contribution in [0.4, 0.5) is 0 Å². The number of nitrogens with one attached hydrogen (secondary N) is 1. The highest BCUT2D eigenvalue weighted by Gasteiger charge is 2.16. The number of aryl methyl sites for hydroxylation is 1. The zero-order valence-corrected chi connectivity index (χ0v) is 9.85. The van der Waals surface area contributed by atoms with Crippen molar-refractivity contribution in [1.82, 2.24) is 9.97 Å². The van der Waals surface area contributed by atoms with Gasteiger partial charge >= 0.3 is 11.7 Å². The van der Waals surface area contributed by atoms with Gasteiger partial charge in [-0.2, -0.15) is 4.98 Å². The van der Waals surface area contributed by atoms with E-state index in [0.717, 1.165) is 5.57 Å². The van der Waals surface area contributed by atoms with Crippen molar-refractivity contribution in [3.05, 3.63) is 33.9 Å². The fourth-order valence-electron chi connectivity index (χ4n) is 1.11. The van der Waals surface area contributed by atoms with Crippen molar-refractivity contribution in [2.45, 2.75) is 18.9 Å². The van der Waals surface area contributed by atoms with Crippen molar-refractivity contribution < 1.29 is 9.90 Å². The number of rotatable bonds is 4. The third kappa shape index (κ3) is 2.96. The van der Waals surface area contributed by atoms with E-state index in [1.54, 1.807) is 0 Å². The van der Waals surface area contributed by atoms with Crippen LogP contribution in [0.1, 0.15) is 23.0 Å². The minimum atomic E-state index is -1.09. The molecule has 5 nitrogen and oxygen atoms in total. The summed E-state index contributed by atoms with van der Waals surface area (Å²) in [6.45, 7) is 7.07. The molecule has 2 N–H and O–H groups in total. The predicted molar refractivity (Wildman–Crippen MR) is 62.1 cm³/mol. The molecule has 0 aliphatic rings. The van der Waals surface area contributed by atoms with E-state index in [1.807, 2.05) is 6.92 Å². The molecular weight excluding hydrogens is 228 g/mol. The van der Waals surface area contributed by atoms with Gasteiger partial charge in [-0.15, -0.1) is 11.8 Å². The van der Waals surface area contributed by atoms with Gasteiger partial charge in [-0.25, -0.2) is 9.59 Å². The summed E-state index contributed by atoms with van der Waals surface area (Å²) >= 11 is 1.20. The molecule has 86 valence electrons. The number of hydrogen-bond acceptors (Lipinski definition) is 4. The van der Waals surface area contributed by atoms with Gasteiger partial charge in [0, 0.05) is 11.4 Å². The van der Waals surface area contributed by atoms with Crippen LogP contribution >= 0.6 is 11.8 Å². The van der Waals surface area contributed by atoms with Crippen molar-refractivity contribution in [3.63, 3.8) is 0 Å². The van der Waals surface area contributed by atoms with Gasteiger partial charge in [0.2, 0.25) is 0 Å². The second kappa shape index (κ2) is 4.98. The smallest absolute Gasteiger partial charge is 0.346 e. The summed E-state index contributed by atoms with van der Waals surface area (Å²) in [5.41, 5.74) is 0.718. The average Bonchev–Trinajstić information content (AvgIpc) is 2.12. The van der Waals surface area contributed by atoms with E-state index in [1.165, 1.54) is 18.7 Å². The molecule has 1 aromatic rings. The Morgan fingerprint density at radius 3 is 2.75 bits per heavy atom. The maximum absolute atomic E-state index is 11.1. The van der Waals surface area contributed by atoms with Crippen molar-refractivity contribution in [2.75, 3.05) is 5.75 Å². The average molecular weight is 240 g/mol. The zero-order chi connectivity index (χ0) is 12.3. The molecule has 0 bridgehead atoms. The summed E-state index contributed by atoms with van der Waals surface area (Å²) in [5, 5.41) is 9.24. The summed E-state index contributed by atoms with van der Waals surface area (Å²) in [6.07, 6.45) is 0. The quantitative estimate of drug-likeness (QED) is 0.473. The molecular formula is C10H12N2O3S. The first-order valence-electron chi connectivity index (χ1n) is 4.53. The standard InChI is InChI=1S/C10H12N2O3S/c1-5(2)4-16-8-7(9(13)14)6(3)11-10(15)12-8/h1,4H2,2-3H3,(H,13,14)(H,11,12,15). The number of carboxylic acids is 1. The van der Waals surface area contributed by atoms with Gasteiger partial charge in [0.05, 0.1) is 0 Å². The highest BCUT2D eigenvalue weighted by molar-refractivity contribution is 7.99. The largest absolute Gasteiger partial charge is 0.478 e. The summed E-state index contributed by atoms with van der Waals surface area (Å²) in [6, 6.07) is 0. The minimum Gasteiger partial charge on any atom is -0.478 e. The van der Waals surface area contributed by atoms with Crippen LogP contribution in [-0.4, -0.2) is 26.8 Å². The number of nitrogens with zero attached hydrogens (tertiary/aromatic N) is 1. The molecule has 6 heteroatoms. The first kappa shape index (κ1) is 12.5. The second-order valence-electron chi connectivity index (χ2n) is 3.40. The van der Waals surface area contributed by atoms with Gasteiger partial charge in [-0.3, -0.25) is 0 Å². The Morgan fingerprint density at radius 2 is 2.25 bits per heavy atom. The lowest BCUT2D eigenvalue weighted by molar-refractivity contribution is 0.0690. The Labute approximate surface area is 96.6 Å². The topological polar surface area (TPSA) is 83.0 Å². The van der Waals surface area contributed by atoms with E-state index in [9.17, 15) is 9.59 Å². The van der Waals surface area contributed by atoms with E-state index in [0.29, 0.717) is 11.4 Å². The lowest BCUT2D eigenvalue weighted by Crippen LogP contribution is -2.18. The van der Waals surface area contributed by atoms with Crippen LogP contribution in [-0.2, 0) is 0 Å². The van der Waals surface area contributed by atoms with Gasteiger partial charge in [0.25, 0.3) is 0 Å². The monoisotopic (exact) mass is 240 g/mol. The first-order chi connectivity index (χ1) is 7.41. The predicted octanol–water partition coefficient (Wildman–Crippen LogP) is 1.44. The molecule has 0 radical (unpaired) electrons. The molecule has 1 rings (SSSR count). The molecule has 1 aromatic heterocycles. The number of carboxylic acid groups (broad SMARTS) is 1. The maximum atomic E-state index is 11.1. The van der Waals surface area contributed by atoms with Gasteiger partial charge in [0.1, 0.15) is 10.6 Å².